The third-order valence-electron chi connectivity index (χ3n) is 6.04. The van der Waals surface area contributed by atoms with Gasteiger partial charge in [0.2, 0.25) is 10.0 Å². The number of carbonyl (C=O) groups excluding carboxylic acids is 2. The standard InChI is InChI=1S/C25H31NO6S/c1-15(2)17-9-12-21-19(13-17)22(27)20(23(32-21)25(4,5)24(28)31-6)14-33(29,30)26-18-10-7-16(3)8-11-18/h7-13,15,20,23,26H,14H2,1-6H3. The van der Waals surface area contributed by atoms with E-state index in [0.717, 1.165) is 11.1 Å². The maximum absolute atomic E-state index is 13.6. The van der Waals surface area contributed by atoms with Crippen molar-refractivity contribution in [2.75, 3.05) is 17.6 Å². The summed E-state index contributed by atoms with van der Waals surface area (Å²) in [4.78, 5) is 26.2. The molecule has 3 rings (SSSR count). The fraction of sp³-hybridized carbons (Fsp3) is 0.440. The Labute approximate surface area is 195 Å². The van der Waals surface area contributed by atoms with Gasteiger partial charge in [0.25, 0.3) is 0 Å². The van der Waals surface area contributed by atoms with Gasteiger partial charge in [-0.2, -0.15) is 0 Å². The van der Waals surface area contributed by atoms with Crippen LogP contribution >= 0.6 is 0 Å². The molecule has 0 fully saturated rings. The molecule has 8 heteroatoms. The predicted molar refractivity (Wildman–Crippen MR) is 127 cm³/mol. The molecule has 0 radical (unpaired) electrons. The molecular weight excluding hydrogens is 442 g/mol. The molecule has 0 aliphatic carbocycles. The Morgan fingerprint density at radius 3 is 2.36 bits per heavy atom. The average molecular weight is 474 g/mol. The number of anilines is 1. The van der Waals surface area contributed by atoms with E-state index < -0.39 is 39.2 Å². The van der Waals surface area contributed by atoms with Gasteiger partial charge in [0.05, 0.1) is 29.8 Å². The van der Waals surface area contributed by atoms with Crippen LogP contribution in [0.5, 0.6) is 5.75 Å². The molecule has 0 spiro atoms. The highest BCUT2D eigenvalue weighted by Crippen LogP contribution is 2.41. The van der Waals surface area contributed by atoms with Crippen molar-refractivity contribution < 1.29 is 27.5 Å². The van der Waals surface area contributed by atoms with Crippen LogP contribution in [0.4, 0.5) is 5.69 Å². The first kappa shape index (κ1) is 24.8. The maximum Gasteiger partial charge on any atom is 0.315 e. The maximum atomic E-state index is 13.6. The monoisotopic (exact) mass is 473 g/mol. The van der Waals surface area contributed by atoms with Crippen molar-refractivity contribution in [2.24, 2.45) is 11.3 Å². The van der Waals surface area contributed by atoms with Gasteiger partial charge < -0.3 is 9.47 Å². The number of fused-ring (bicyclic) bond motifs is 1. The average Bonchev–Trinajstić information content (AvgIpc) is 2.75. The number of benzene rings is 2. The van der Waals surface area contributed by atoms with Crippen LogP contribution in [-0.2, 0) is 19.6 Å². The fourth-order valence-corrected chi connectivity index (χ4v) is 5.41. The number of Topliss-reactive ketones (excluding diaryl/α,β-unsaturated/α-hetero) is 1. The SMILES string of the molecule is COC(=O)C(C)(C)C1Oc2ccc(C(C)C)cc2C(=O)C1CS(=O)(=O)Nc1ccc(C)cc1. The third kappa shape index (κ3) is 5.21. The topological polar surface area (TPSA) is 98.8 Å². The van der Waals surface area contributed by atoms with Crippen molar-refractivity contribution >= 4 is 27.5 Å². The first-order chi connectivity index (χ1) is 15.4. The Morgan fingerprint density at radius 1 is 1.15 bits per heavy atom. The molecule has 2 aromatic carbocycles. The summed E-state index contributed by atoms with van der Waals surface area (Å²) in [5, 5.41) is 0. The summed E-state index contributed by atoms with van der Waals surface area (Å²) in [5.41, 5.74) is 1.40. The van der Waals surface area contributed by atoms with E-state index in [1.807, 2.05) is 26.8 Å². The summed E-state index contributed by atoms with van der Waals surface area (Å²) in [7, 11) is -2.69. The van der Waals surface area contributed by atoms with Gasteiger partial charge in [-0.1, -0.05) is 37.6 Å². The normalized spacial score (nSPS) is 18.5. The molecule has 178 valence electrons. The Bertz CT molecular complexity index is 1150. The van der Waals surface area contributed by atoms with E-state index in [0.29, 0.717) is 17.0 Å². The number of hydrogen-bond acceptors (Lipinski definition) is 6. The van der Waals surface area contributed by atoms with Gasteiger partial charge in [0, 0.05) is 5.69 Å². The highest BCUT2D eigenvalue weighted by Gasteiger charge is 2.51. The van der Waals surface area contributed by atoms with E-state index >= 15 is 0 Å². The second-order valence-corrected chi connectivity index (χ2v) is 11.1. The van der Waals surface area contributed by atoms with E-state index in [2.05, 4.69) is 4.72 Å². The van der Waals surface area contributed by atoms with Crippen molar-refractivity contribution in [1.29, 1.82) is 0 Å². The Morgan fingerprint density at radius 2 is 1.79 bits per heavy atom. The Hall–Kier alpha value is -2.87. The molecular formula is C25H31NO6S. The van der Waals surface area contributed by atoms with Crippen molar-refractivity contribution in [3.05, 3.63) is 59.2 Å². The molecule has 2 atom stereocenters. The summed E-state index contributed by atoms with van der Waals surface area (Å²) in [6.07, 6.45) is -1.02. The summed E-state index contributed by atoms with van der Waals surface area (Å²) >= 11 is 0. The molecule has 0 amide bonds. The van der Waals surface area contributed by atoms with E-state index in [4.69, 9.17) is 9.47 Å². The third-order valence-corrected chi connectivity index (χ3v) is 7.38. The van der Waals surface area contributed by atoms with Gasteiger partial charge in [-0.25, -0.2) is 8.42 Å². The minimum atomic E-state index is -3.94. The van der Waals surface area contributed by atoms with E-state index in [1.165, 1.54) is 7.11 Å². The summed E-state index contributed by atoms with van der Waals surface area (Å²) in [6.45, 7) is 9.10. The van der Waals surface area contributed by atoms with Gasteiger partial charge in [0.15, 0.2) is 5.78 Å². The van der Waals surface area contributed by atoms with Crippen molar-refractivity contribution in [3.8, 4) is 5.75 Å². The smallest absolute Gasteiger partial charge is 0.315 e. The van der Waals surface area contributed by atoms with Crippen LogP contribution in [-0.4, -0.2) is 39.1 Å². The molecule has 1 aliphatic heterocycles. The molecule has 7 nitrogen and oxygen atoms in total. The number of nitrogens with one attached hydrogen (secondary N) is 1. The molecule has 0 aromatic heterocycles. The van der Waals surface area contributed by atoms with Gasteiger partial charge in [-0.15, -0.1) is 0 Å². The molecule has 1 N–H and O–H groups in total. The van der Waals surface area contributed by atoms with Crippen molar-refractivity contribution in [3.63, 3.8) is 0 Å². The first-order valence-electron chi connectivity index (χ1n) is 10.9. The molecule has 2 unspecified atom stereocenters. The second kappa shape index (κ2) is 9.17. The highest BCUT2D eigenvalue weighted by atomic mass is 32.2. The number of ether oxygens (including phenoxy) is 2. The lowest BCUT2D eigenvalue weighted by Gasteiger charge is -2.40. The lowest BCUT2D eigenvalue weighted by atomic mass is 9.75. The van der Waals surface area contributed by atoms with Crippen LogP contribution in [0.3, 0.4) is 0 Å². The van der Waals surface area contributed by atoms with Gasteiger partial charge in [0.1, 0.15) is 11.9 Å². The number of rotatable bonds is 7. The Balaban J connectivity index is 2.02. The zero-order valence-corrected chi connectivity index (χ0v) is 20.7. The van der Waals surface area contributed by atoms with E-state index in [1.54, 1.807) is 50.2 Å². The molecule has 33 heavy (non-hydrogen) atoms. The minimum absolute atomic E-state index is 0.178. The molecule has 2 aromatic rings. The molecule has 0 saturated carbocycles. The van der Waals surface area contributed by atoms with Crippen LogP contribution < -0.4 is 9.46 Å². The van der Waals surface area contributed by atoms with Crippen LogP contribution in [0.1, 0.15) is 55.1 Å². The second-order valence-electron chi connectivity index (χ2n) is 9.38. The number of aryl methyl sites for hydroxylation is 1. The molecule has 1 heterocycles. The van der Waals surface area contributed by atoms with Gasteiger partial charge in [-0.05, 0) is 56.5 Å². The summed E-state index contributed by atoms with van der Waals surface area (Å²) in [6, 6.07) is 12.2. The minimum Gasteiger partial charge on any atom is -0.488 e. The lowest BCUT2D eigenvalue weighted by Crippen LogP contribution is -2.53. The van der Waals surface area contributed by atoms with Crippen molar-refractivity contribution in [1.82, 2.24) is 0 Å². The number of esters is 1. The van der Waals surface area contributed by atoms with Crippen LogP contribution in [0.25, 0.3) is 0 Å². The fourth-order valence-electron chi connectivity index (χ4n) is 4.03. The predicted octanol–water partition coefficient (Wildman–Crippen LogP) is 4.32. The number of methoxy groups -OCH3 is 1. The lowest BCUT2D eigenvalue weighted by molar-refractivity contribution is -0.157. The number of carbonyl (C=O) groups is 2. The first-order valence-corrected chi connectivity index (χ1v) is 12.5. The largest absolute Gasteiger partial charge is 0.488 e. The molecule has 0 saturated heterocycles. The highest BCUT2D eigenvalue weighted by molar-refractivity contribution is 7.92. The van der Waals surface area contributed by atoms with Gasteiger partial charge in [-0.3, -0.25) is 14.3 Å². The summed E-state index contributed by atoms with van der Waals surface area (Å²) < 4.78 is 39.7. The number of sulfonamides is 1. The van der Waals surface area contributed by atoms with E-state index in [9.17, 15) is 18.0 Å². The zero-order valence-electron chi connectivity index (χ0n) is 19.8. The van der Waals surface area contributed by atoms with Crippen LogP contribution in [0, 0.1) is 18.3 Å². The van der Waals surface area contributed by atoms with E-state index in [-0.39, 0.29) is 11.7 Å². The zero-order chi connectivity index (χ0) is 24.6. The number of hydrogen-bond donors (Lipinski definition) is 1. The van der Waals surface area contributed by atoms with Crippen molar-refractivity contribution in [2.45, 2.75) is 46.6 Å². The van der Waals surface area contributed by atoms with Gasteiger partial charge >= 0.3 is 5.97 Å². The Kier molecular flexibility index (Phi) is 6.88. The summed E-state index contributed by atoms with van der Waals surface area (Å²) in [5.74, 6) is -2.07. The van der Waals surface area contributed by atoms with Crippen LogP contribution in [0.15, 0.2) is 42.5 Å². The van der Waals surface area contributed by atoms with Crippen LogP contribution in [0.2, 0.25) is 0 Å². The quantitative estimate of drug-likeness (QED) is 0.602. The molecule has 1 aliphatic rings. The number of ketones is 1. The molecule has 0 bridgehead atoms.